The highest BCUT2D eigenvalue weighted by Gasteiger charge is 2.31. The van der Waals surface area contributed by atoms with Gasteiger partial charge >= 0.3 is 0 Å². The average molecular weight is 489 g/mol. The van der Waals surface area contributed by atoms with E-state index < -0.39 is 15.8 Å². The molecule has 2 fully saturated rings. The molecule has 0 spiro atoms. The molecule has 182 valence electrons. The molecule has 0 radical (unpaired) electrons. The number of hydrogen-bond acceptors (Lipinski definition) is 8. The quantitative estimate of drug-likeness (QED) is 0.634. The molecule has 2 heterocycles. The van der Waals surface area contributed by atoms with Gasteiger partial charge < -0.3 is 15.4 Å². The fraction of sp³-hybridized carbons (Fsp3) is 0.522. The van der Waals surface area contributed by atoms with Crippen molar-refractivity contribution in [3.05, 3.63) is 35.6 Å². The maximum Gasteiger partial charge on any atom is 0.222 e. The number of nitrogens with two attached hydrogens (primary N) is 1. The number of hydrogen-bond donors (Lipinski definition) is 2. The summed E-state index contributed by atoms with van der Waals surface area (Å²) >= 11 is 0. The molecule has 2 aliphatic rings. The molecule has 0 bridgehead atoms. The maximum absolute atomic E-state index is 14.1. The third kappa shape index (κ3) is 5.46. The molecule has 3 N–H and O–H groups in total. The molecule has 1 aromatic heterocycles. The molecule has 4 rings (SSSR count). The van der Waals surface area contributed by atoms with Crippen molar-refractivity contribution in [2.24, 2.45) is 0 Å². The van der Waals surface area contributed by atoms with E-state index in [-0.39, 0.29) is 35.5 Å². The van der Waals surface area contributed by atoms with Gasteiger partial charge in [-0.25, -0.2) is 22.5 Å². The van der Waals surface area contributed by atoms with Crippen LogP contribution in [0.5, 0.6) is 0 Å². The Morgan fingerprint density at radius 1 is 1.26 bits per heavy atom. The van der Waals surface area contributed by atoms with Gasteiger partial charge in [-0.2, -0.15) is 10.2 Å². The molecule has 0 unspecified atom stereocenters. The lowest BCUT2D eigenvalue weighted by atomic mass is 10.0. The van der Waals surface area contributed by atoms with Crippen molar-refractivity contribution in [3.63, 3.8) is 0 Å². The zero-order valence-electron chi connectivity index (χ0n) is 19.1. The number of anilines is 2. The van der Waals surface area contributed by atoms with Crippen molar-refractivity contribution in [2.45, 2.75) is 56.4 Å². The Morgan fingerprint density at radius 2 is 2.03 bits per heavy atom. The van der Waals surface area contributed by atoms with Gasteiger partial charge in [0.15, 0.2) is 0 Å². The van der Waals surface area contributed by atoms with Crippen LogP contribution in [0.2, 0.25) is 0 Å². The highest BCUT2D eigenvalue weighted by Crippen LogP contribution is 2.27. The van der Waals surface area contributed by atoms with Crippen LogP contribution in [0, 0.1) is 17.1 Å². The molecule has 0 amide bonds. The van der Waals surface area contributed by atoms with Crippen LogP contribution in [0.25, 0.3) is 11.3 Å². The molecule has 34 heavy (non-hydrogen) atoms. The zero-order chi connectivity index (χ0) is 24.3. The molecule has 1 saturated heterocycles. The molecule has 1 saturated carbocycles. The summed E-state index contributed by atoms with van der Waals surface area (Å²) in [6.45, 7) is 2.95. The number of rotatable bonds is 6. The Morgan fingerprint density at radius 3 is 2.74 bits per heavy atom. The molecule has 1 aliphatic heterocycles. The van der Waals surface area contributed by atoms with Gasteiger partial charge in [-0.3, -0.25) is 0 Å². The molecular weight excluding hydrogens is 459 g/mol. The summed E-state index contributed by atoms with van der Waals surface area (Å²) < 4.78 is 48.2. The van der Waals surface area contributed by atoms with E-state index >= 15 is 0 Å². The van der Waals surface area contributed by atoms with Gasteiger partial charge in [0.05, 0.1) is 35.3 Å². The summed E-state index contributed by atoms with van der Waals surface area (Å²) in [6.07, 6.45) is 4.01. The van der Waals surface area contributed by atoms with E-state index in [4.69, 9.17) is 15.7 Å². The lowest BCUT2D eigenvalue weighted by Crippen LogP contribution is -2.52. The van der Waals surface area contributed by atoms with Crippen LogP contribution < -0.4 is 15.4 Å². The number of nitriles is 1. The van der Waals surface area contributed by atoms with Crippen LogP contribution in [-0.4, -0.2) is 55.5 Å². The largest absolute Gasteiger partial charge is 0.373 e. The Bertz CT molecular complexity index is 1180. The summed E-state index contributed by atoms with van der Waals surface area (Å²) in [5.41, 5.74) is 6.81. The van der Waals surface area contributed by atoms with Crippen molar-refractivity contribution in [2.75, 3.05) is 30.3 Å². The topological polar surface area (TPSA) is 134 Å². The number of sulfonamides is 1. The van der Waals surface area contributed by atoms with Crippen LogP contribution in [0.4, 0.5) is 16.2 Å². The van der Waals surface area contributed by atoms with Crippen LogP contribution in [-0.2, 0) is 14.8 Å². The van der Waals surface area contributed by atoms with E-state index in [2.05, 4.69) is 14.7 Å². The molecule has 1 aromatic carbocycles. The van der Waals surface area contributed by atoms with Crippen molar-refractivity contribution in [1.29, 1.82) is 5.26 Å². The summed E-state index contributed by atoms with van der Waals surface area (Å²) in [6, 6.07) is 7.73. The molecule has 2 atom stereocenters. The second-order valence-electron chi connectivity index (χ2n) is 8.89. The van der Waals surface area contributed by atoms with Crippen LogP contribution in [0.1, 0.15) is 44.6 Å². The van der Waals surface area contributed by atoms with Gasteiger partial charge in [-0.05, 0) is 31.9 Å². The monoisotopic (exact) mass is 488 g/mol. The average Bonchev–Trinajstić information content (AvgIpc) is 2.83. The fourth-order valence-corrected chi connectivity index (χ4v) is 6.08. The van der Waals surface area contributed by atoms with Gasteiger partial charge in [0.1, 0.15) is 17.7 Å². The molecule has 9 nitrogen and oxygen atoms in total. The van der Waals surface area contributed by atoms with E-state index in [9.17, 15) is 12.8 Å². The smallest absolute Gasteiger partial charge is 0.222 e. The first-order valence-electron chi connectivity index (χ1n) is 11.5. The highest BCUT2D eigenvalue weighted by molar-refractivity contribution is 7.90. The van der Waals surface area contributed by atoms with Crippen molar-refractivity contribution in [1.82, 2.24) is 14.7 Å². The Labute approximate surface area is 199 Å². The molecule has 2 aromatic rings. The van der Waals surface area contributed by atoms with Crippen LogP contribution >= 0.6 is 0 Å². The van der Waals surface area contributed by atoms with Crippen molar-refractivity contribution >= 4 is 21.8 Å². The minimum atomic E-state index is -3.39. The van der Waals surface area contributed by atoms with Gasteiger partial charge in [-0.1, -0.05) is 25.3 Å². The molecular formula is C23H29FN6O3S. The molecule has 1 aliphatic carbocycles. The predicted octanol–water partition coefficient (Wildman–Crippen LogP) is 2.58. The Kier molecular flexibility index (Phi) is 7.30. The standard InChI is InChI=1S/C23H29FN6O3S/c1-15-14-33-18(12-27-34(31,32)19-5-3-2-4-6-19)13-30(15)22-10-21(28-23(26)29-22)16-7-8-17(11-25)20(24)9-16/h7-10,15,18-19,27H,2-6,12-14H2,1H3,(H2,26,28,29)/t15-,18-/m1/s1. The second kappa shape index (κ2) is 10.2. The summed E-state index contributed by atoms with van der Waals surface area (Å²) in [4.78, 5) is 10.6. The first-order valence-corrected chi connectivity index (χ1v) is 13.0. The highest BCUT2D eigenvalue weighted by atomic mass is 32.2. The number of nitrogens with one attached hydrogen (secondary N) is 1. The number of morpholine rings is 1. The van der Waals surface area contributed by atoms with Gasteiger partial charge in [-0.15, -0.1) is 0 Å². The first kappa shape index (κ1) is 24.3. The van der Waals surface area contributed by atoms with Gasteiger partial charge in [0.25, 0.3) is 0 Å². The number of ether oxygens (including phenoxy) is 1. The number of halogens is 1. The Balaban J connectivity index is 1.49. The predicted molar refractivity (Wildman–Crippen MR) is 127 cm³/mol. The molecule has 11 heteroatoms. The van der Waals surface area contributed by atoms with Crippen molar-refractivity contribution in [3.8, 4) is 17.3 Å². The zero-order valence-corrected chi connectivity index (χ0v) is 19.9. The summed E-state index contributed by atoms with van der Waals surface area (Å²) in [5, 5.41) is 8.63. The number of benzene rings is 1. The lowest BCUT2D eigenvalue weighted by molar-refractivity contribution is 0.0258. The maximum atomic E-state index is 14.1. The SMILES string of the molecule is C[C@@H]1CO[C@H](CNS(=O)(=O)C2CCCCC2)CN1c1cc(-c2ccc(C#N)c(F)c2)nc(N)n1. The van der Waals surface area contributed by atoms with E-state index in [1.165, 1.54) is 12.1 Å². The normalized spacial score (nSPS) is 21.9. The van der Waals surface area contributed by atoms with Gasteiger partial charge in [0, 0.05) is 24.7 Å². The van der Waals surface area contributed by atoms with Gasteiger partial charge in [0.2, 0.25) is 16.0 Å². The fourth-order valence-electron chi connectivity index (χ4n) is 4.48. The summed E-state index contributed by atoms with van der Waals surface area (Å²) in [7, 11) is -3.39. The second-order valence-corrected chi connectivity index (χ2v) is 10.9. The number of nitrogens with zero attached hydrogens (tertiary/aromatic N) is 4. The van der Waals surface area contributed by atoms with Crippen LogP contribution in [0.3, 0.4) is 0 Å². The minimum absolute atomic E-state index is 0.0329. The van der Waals surface area contributed by atoms with E-state index in [1.54, 1.807) is 18.2 Å². The number of nitrogen functional groups attached to an aromatic ring is 1. The lowest BCUT2D eigenvalue weighted by Gasteiger charge is -2.39. The third-order valence-electron chi connectivity index (χ3n) is 6.42. The minimum Gasteiger partial charge on any atom is -0.373 e. The third-order valence-corrected chi connectivity index (χ3v) is 8.34. The van der Waals surface area contributed by atoms with Crippen LogP contribution in [0.15, 0.2) is 24.3 Å². The first-order chi connectivity index (χ1) is 16.3. The number of aromatic nitrogens is 2. The summed E-state index contributed by atoms with van der Waals surface area (Å²) in [5.74, 6) is -0.0579. The van der Waals surface area contributed by atoms with E-state index in [0.717, 1.165) is 19.3 Å². The van der Waals surface area contributed by atoms with E-state index in [1.807, 2.05) is 11.8 Å². The van der Waals surface area contributed by atoms with Crippen molar-refractivity contribution < 1.29 is 17.5 Å². The van der Waals surface area contributed by atoms with E-state index in [0.29, 0.717) is 43.1 Å². The Hall–Kier alpha value is -2.81.